The smallest absolute Gasteiger partial charge is 0.412 e. The van der Waals surface area contributed by atoms with Gasteiger partial charge in [-0.25, -0.2) is 9.59 Å². The minimum Gasteiger partial charge on any atom is -0.492 e. The van der Waals surface area contributed by atoms with Crippen molar-refractivity contribution in [3.05, 3.63) is 28.8 Å². The van der Waals surface area contributed by atoms with Crippen molar-refractivity contribution < 1.29 is 28.9 Å². The lowest BCUT2D eigenvalue weighted by Gasteiger charge is -2.42. The molecule has 0 saturated carbocycles. The second-order valence-electron chi connectivity index (χ2n) is 8.22. The van der Waals surface area contributed by atoms with Gasteiger partial charge in [0.25, 0.3) is 0 Å². The number of nitrogens with zero attached hydrogens (tertiary/aromatic N) is 1. The molecule has 140 valence electrons. The second kappa shape index (κ2) is 5.61. The number of cyclic esters (lactones) is 1. The van der Waals surface area contributed by atoms with Crippen molar-refractivity contribution in [3.8, 4) is 5.75 Å². The molecular formula is C19H23NO6. The Hall–Kier alpha value is -2.28. The number of likely N-dealkylation sites (tertiary alicyclic amines) is 1. The van der Waals surface area contributed by atoms with E-state index in [1.165, 1.54) is 4.90 Å². The first-order valence-corrected chi connectivity index (χ1v) is 8.84. The molecule has 3 aliphatic rings. The molecule has 2 unspecified atom stereocenters. The minimum atomic E-state index is -0.945. The Morgan fingerprint density at radius 2 is 2.12 bits per heavy atom. The van der Waals surface area contributed by atoms with E-state index in [1.54, 1.807) is 26.8 Å². The van der Waals surface area contributed by atoms with E-state index in [1.807, 2.05) is 6.07 Å². The van der Waals surface area contributed by atoms with Crippen LogP contribution in [0.15, 0.2) is 12.1 Å². The number of benzene rings is 1. The first-order chi connectivity index (χ1) is 12.2. The van der Waals surface area contributed by atoms with Crippen LogP contribution >= 0.6 is 0 Å². The number of esters is 1. The van der Waals surface area contributed by atoms with Crippen LogP contribution in [0, 0.1) is 0 Å². The Bertz CT molecular complexity index is 783. The van der Waals surface area contributed by atoms with Crippen LogP contribution in [0.2, 0.25) is 0 Å². The van der Waals surface area contributed by atoms with E-state index >= 15 is 0 Å². The number of ether oxygens (including phenoxy) is 3. The van der Waals surface area contributed by atoms with E-state index in [4.69, 9.17) is 14.2 Å². The van der Waals surface area contributed by atoms with Gasteiger partial charge in [0.15, 0.2) is 0 Å². The fraction of sp³-hybridized carbons (Fsp3) is 0.579. The van der Waals surface area contributed by atoms with E-state index in [0.29, 0.717) is 37.3 Å². The number of aliphatic hydroxyl groups is 1. The van der Waals surface area contributed by atoms with Crippen LogP contribution < -0.4 is 4.74 Å². The molecule has 0 bridgehead atoms. The number of carbonyl (C=O) groups excluding carboxylic acids is 2. The molecule has 0 aliphatic carbocycles. The van der Waals surface area contributed by atoms with Gasteiger partial charge in [0, 0.05) is 29.5 Å². The van der Waals surface area contributed by atoms with Crippen molar-refractivity contribution in [2.24, 2.45) is 0 Å². The molecule has 26 heavy (non-hydrogen) atoms. The number of hydrogen-bond donors (Lipinski definition) is 1. The van der Waals surface area contributed by atoms with Crippen molar-refractivity contribution in [2.75, 3.05) is 13.2 Å². The fourth-order valence-corrected chi connectivity index (χ4v) is 4.00. The molecule has 1 spiro atoms. The van der Waals surface area contributed by atoms with Crippen molar-refractivity contribution in [3.63, 3.8) is 0 Å². The maximum absolute atomic E-state index is 12.3. The Kier molecular flexibility index (Phi) is 3.70. The number of hydrogen-bond acceptors (Lipinski definition) is 6. The number of amides is 1. The van der Waals surface area contributed by atoms with E-state index in [9.17, 15) is 14.7 Å². The molecule has 1 N–H and O–H groups in total. The maximum Gasteiger partial charge on any atom is 0.412 e. The molecule has 0 aromatic heterocycles. The Balaban J connectivity index is 1.57. The number of fused-ring (bicyclic) bond motifs is 4. The third-order valence-electron chi connectivity index (χ3n) is 5.28. The zero-order valence-corrected chi connectivity index (χ0v) is 15.2. The highest BCUT2D eigenvalue weighted by Crippen LogP contribution is 2.49. The molecule has 1 fully saturated rings. The highest BCUT2D eigenvalue weighted by molar-refractivity contribution is 5.94. The highest BCUT2D eigenvalue weighted by atomic mass is 16.6. The highest BCUT2D eigenvalue weighted by Gasteiger charge is 2.49. The lowest BCUT2D eigenvalue weighted by molar-refractivity contribution is -0.0645. The monoisotopic (exact) mass is 361 g/mol. The van der Waals surface area contributed by atoms with Crippen LogP contribution in [-0.4, -0.2) is 47.0 Å². The summed E-state index contributed by atoms with van der Waals surface area (Å²) in [5.41, 5.74) is 1.34. The molecule has 2 atom stereocenters. The zero-order chi connectivity index (χ0) is 18.7. The summed E-state index contributed by atoms with van der Waals surface area (Å²) in [5.74, 6) is 0.374. The Morgan fingerprint density at radius 3 is 2.81 bits per heavy atom. The van der Waals surface area contributed by atoms with Gasteiger partial charge in [-0.3, -0.25) is 4.90 Å². The summed E-state index contributed by atoms with van der Waals surface area (Å²) in [6.45, 7) is 6.42. The molecule has 7 heteroatoms. The summed E-state index contributed by atoms with van der Waals surface area (Å²) in [6.07, 6.45) is -0.428. The molecule has 0 radical (unpaired) electrons. The first-order valence-electron chi connectivity index (χ1n) is 8.84. The van der Waals surface area contributed by atoms with Crippen molar-refractivity contribution in [2.45, 2.75) is 57.5 Å². The lowest BCUT2D eigenvalue weighted by Crippen LogP contribution is -2.53. The molecule has 3 aliphatic heterocycles. The van der Waals surface area contributed by atoms with Crippen LogP contribution in [0.1, 0.15) is 55.1 Å². The van der Waals surface area contributed by atoms with Crippen LogP contribution in [0.3, 0.4) is 0 Å². The number of piperidine rings is 1. The van der Waals surface area contributed by atoms with E-state index in [2.05, 4.69) is 0 Å². The molecular weight excluding hydrogens is 338 g/mol. The predicted octanol–water partition coefficient (Wildman–Crippen LogP) is 2.34. The molecule has 3 heterocycles. The van der Waals surface area contributed by atoms with Gasteiger partial charge in [-0.05, 0) is 33.3 Å². The average Bonchev–Trinajstić information content (AvgIpc) is 3.08. The standard InChI is InChI=1S/C19H23NO6/c1-18(2,3)26-17(23)20-7-6-19(8-14(20)21)10-25-15-12-9-24-16(22)11(12)4-5-13(15)19/h4-5,14,21H,6-10H2,1-3H3. The Morgan fingerprint density at radius 1 is 1.35 bits per heavy atom. The predicted molar refractivity (Wildman–Crippen MR) is 90.9 cm³/mol. The van der Waals surface area contributed by atoms with Gasteiger partial charge in [-0.15, -0.1) is 0 Å². The molecule has 1 amide bonds. The quantitative estimate of drug-likeness (QED) is 0.714. The van der Waals surface area contributed by atoms with Gasteiger partial charge in [-0.1, -0.05) is 6.07 Å². The number of carbonyl (C=O) groups is 2. The molecule has 1 saturated heterocycles. The largest absolute Gasteiger partial charge is 0.492 e. The van der Waals surface area contributed by atoms with Gasteiger partial charge in [0.05, 0.1) is 12.2 Å². The van der Waals surface area contributed by atoms with Crippen molar-refractivity contribution in [1.29, 1.82) is 0 Å². The summed E-state index contributed by atoms with van der Waals surface area (Å²) in [6, 6.07) is 3.66. The van der Waals surface area contributed by atoms with Crippen LogP contribution in [0.25, 0.3) is 0 Å². The summed E-state index contributed by atoms with van der Waals surface area (Å²) in [4.78, 5) is 25.4. The maximum atomic E-state index is 12.3. The van der Waals surface area contributed by atoms with E-state index < -0.39 is 17.9 Å². The molecule has 7 nitrogen and oxygen atoms in total. The molecule has 4 rings (SSSR count). The lowest BCUT2D eigenvalue weighted by atomic mass is 9.73. The van der Waals surface area contributed by atoms with E-state index in [-0.39, 0.29) is 18.0 Å². The van der Waals surface area contributed by atoms with Gasteiger partial charge in [0.1, 0.15) is 24.2 Å². The van der Waals surface area contributed by atoms with Crippen LogP contribution in [0.4, 0.5) is 4.79 Å². The van der Waals surface area contributed by atoms with Crippen molar-refractivity contribution in [1.82, 2.24) is 4.90 Å². The normalized spacial score (nSPS) is 27.0. The van der Waals surface area contributed by atoms with Gasteiger partial charge >= 0.3 is 12.1 Å². The number of aliphatic hydroxyl groups excluding tert-OH is 1. The van der Waals surface area contributed by atoms with Crippen LogP contribution in [-0.2, 0) is 21.5 Å². The van der Waals surface area contributed by atoms with Gasteiger partial charge < -0.3 is 19.3 Å². The zero-order valence-electron chi connectivity index (χ0n) is 15.2. The fourth-order valence-electron chi connectivity index (χ4n) is 4.00. The summed E-state index contributed by atoms with van der Waals surface area (Å²) >= 11 is 0. The Labute approximate surface area is 151 Å². The first kappa shape index (κ1) is 17.1. The third kappa shape index (κ3) is 2.61. The third-order valence-corrected chi connectivity index (χ3v) is 5.28. The average molecular weight is 361 g/mol. The molecule has 1 aromatic carbocycles. The SMILES string of the molecule is CC(C)(C)OC(=O)N1CCC2(COc3c2ccc2c3COC2=O)CC1O. The van der Waals surface area contributed by atoms with Crippen LogP contribution in [0.5, 0.6) is 5.75 Å². The summed E-state index contributed by atoms with van der Waals surface area (Å²) < 4.78 is 16.4. The van der Waals surface area contributed by atoms with E-state index in [0.717, 1.165) is 11.1 Å². The minimum absolute atomic E-state index is 0.222. The van der Waals surface area contributed by atoms with Crippen molar-refractivity contribution >= 4 is 12.1 Å². The number of rotatable bonds is 0. The topological polar surface area (TPSA) is 85.3 Å². The summed E-state index contributed by atoms with van der Waals surface area (Å²) in [7, 11) is 0. The molecule has 1 aromatic rings. The van der Waals surface area contributed by atoms with Gasteiger partial charge in [0.2, 0.25) is 0 Å². The second-order valence-corrected chi connectivity index (χ2v) is 8.22. The van der Waals surface area contributed by atoms with Gasteiger partial charge in [-0.2, -0.15) is 0 Å². The summed E-state index contributed by atoms with van der Waals surface area (Å²) in [5, 5.41) is 10.6.